The summed E-state index contributed by atoms with van der Waals surface area (Å²) in [7, 11) is 0. The van der Waals surface area contributed by atoms with Crippen LogP contribution in [0, 0.1) is 0 Å². The van der Waals surface area contributed by atoms with Crippen LogP contribution in [-0.4, -0.2) is 19.1 Å². The molecule has 0 aromatic heterocycles. The first-order valence-electron chi connectivity index (χ1n) is 4.65. The number of allylic oxidation sites excluding steroid dienone is 2. The molecule has 1 aliphatic rings. The smallest absolute Gasteiger partial charge is 0.223 e. The molecular formula is C11H15NO2. The van der Waals surface area contributed by atoms with Crippen molar-refractivity contribution in [2.45, 2.75) is 13.3 Å². The number of amides is 1. The van der Waals surface area contributed by atoms with Gasteiger partial charge in [-0.15, -0.1) is 0 Å². The maximum Gasteiger partial charge on any atom is 0.223 e. The Labute approximate surface area is 84.1 Å². The molecule has 0 aromatic carbocycles. The molecule has 76 valence electrons. The largest absolute Gasteiger partial charge is 0.493 e. The minimum atomic E-state index is 0.0233. The minimum Gasteiger partial charge on any atom is -0.493 e. The molecule has 0 bridgehead atoms. The Morgan fingerprint density at radius 1 is 1.57 bits per heavy atom. The molecule has 0 unspecified atom stereocenters. The Balaban J connectivity index is 2.86. The topological polar surface area (TPSA) is 38.3 Å². The van der Waals surface area contributed by atoms with Crippen molar-refractivity contribution in [3.05, 3.63) is 36.1 Å². The summed E-state index contributed by atoms with van der Waals surface area (Å²) in [6, 6.07) is 0. The molecule has 0 atom stereocenters. The number of carbonyl (C=O) groups excluding carboxylic acids is 1. The third-order valence-corrected chi connectivity index (χ3v) is 1.93. The highest BCUT2D eigenvalue weighted by Gasteiger charge is 2.10. The second kappa shape index (κ2) is 5.27. The number of rotatable bonds is 2. The summed E-state index contributed by atoms with van der Waals surface area (Å²) in [5, 5.41) is 2.81. The quantitative estimate of drug-likeness (QED) is 0.722. The number of carbonyl (C=O) groups is 1. The molecule has 0 radical (unpaired) electrons. The summed E-state index contributed by atoms with van der Waals surface area (Å²) < 4.78 is 5.42. The summed E-state index contributed by atoms with van der Waals surface area (Å²) in [6.45, 7) is 6.52. The zero-order chi connectivity index (χ0) is 10.4. The van der Waals surface area contributed by atoms with Crippen molar-refractivity contribution in [1.82, 2.24) is 5.32 Å². The van der Waals surface area contributed by atoms with Crippen molar-refractivity contribution < 1.29 is 9.53 Å². The number of hydrogen-bond donors (Lipinski definition) is 1. The fourth-order valence-corrected chi connectivity index (χ4v) is 1.25. The van der Waals surface area contributed by atoms with Gasteiger partial charge in [0, 0.05) is 12.1 Å². The standard InChI is InChI=1S/C11H15NO2/c1-3-5-9-8-12-11(13)6-7-14-10(9)4-2/h3-5H,2,6-8H2,1H3,(H,12,13)/b5-3-,10-9-. The number of hydrogen-bond acceptors (Lipinski definition) is 2. The van der Waals surface area contributed by atoms with E-state index in [-0.39, 0.29) is 5.91 Å². The molecule has 1 amide bonds. The molecule has 1 N–H and O–H groups in total. The van der Waals surface area contributed by atoms with E-state index in [9.17, 15) is 4.79 Å². The lowest BCUT2D eigenvalue weighted by Crippen LogP contribution is -2.28. The van der Waals surface area contributed by atoms with E-state index in [0.29, 0.717) is 19.6 Å². The van der Waals surface area contributed by atoms with Gasteiger partial charge in [0.15, 0.2) is 0 Å². The predicted octanol–water partition coefficient (Wildman–Crippen LogP) is 1.54. The van der Waals surface area contributed by atoms with Crippen LogP contribution in [0.25, 0.3) is 0 Å². The molecular weight excluding hydrogens is 178 g/mol. The van der Waals surface area contributed by atoms with Crippen LogP contribution in [0.15, 0.2) is 36.1 Å². The van der Waals surface area contributed by atoms with E-state index in [1.807, 2.05) is 19.1 Å². The van der Waals surface area contributed by atoms with Gasteiger partial charge in [-0.25, -0.2) is 0 Å². The first kappa shape index (κ1) is 10.6. The normalized spacial score (nSPS) is 23.6. The molecule has 0 aliphatic carbocycles. The summed E-state index contributed by atoms with van der Waals surface area (Å²) in [4.78, 5) is 11.1. The van der Waals surface area contributed by atoms with Crippen molar-refractivity contribution in [2.24, 2.45) is 0 Å². The molecule has 0 fully saturated rings. The molecule has 1 rings (SSSR count). The molecule has 0 aromatic rings. The van der Waals surface area contributed by atoms with E-state index in [1.54, 1.807) is 6.08 Å². The lowest BCUT2D eigenvalue weighted by molar-refractivity contribution is -0.121. The minimum absolute atomic E-state index is 0.0233. The van der Waals surface area contributed by atoms with Gasteiger partial charge >= 0.3 is 0 Å². The molecule has 1 aliphatic heterocycles. The zero-order valence-corrected chi connectivity index (χ0v) is 8.38. The summed E-state index contributed by atoms with van der Waals surface area (Å²) in [5.74, 6) is 0.776. The average Bonchev–Trinajstić information content (AvgIpc) is 2.17. The zero-order valence-electron chi connectivity index (χ0n) is 8.38. The van der Waals surface area contributed by atoms with Crippen LogP contribution in [0.4, 0.5) is 0 Å². The van der Waals surface area contributed by atoms with Crippen LogP contribution < -0.4 is 5.32 Å². The predicted molar refractivity (Wildman–Crippen MR) is 55.6 cm³/mol. The highest BCUT2D eigenvalue weighted by molar-refractivity contribution is 5.76. The van der Waals surface area contributed by atoms with Crippen LogP contribution in [0.3, 0.4) is 0 Å². The van der Waals surface area contributed by atoms with Gasteiger partial charge in [0.05, 0.1) is 13.0 Å². The van der Waals surface area contributed by atoms with Crippen LogP contribution in [-0.2, 0) is 9.53 Å². The van der Waals surface area contributed by atoms with E-state index in [1.165, 1.54) is 0 Å². The second-order valence-electron chi connectivity index (χ2n) is 2.97. The van der Waals surface area contributed by atoms with E-state index < -0.39 is 0 Å². The Morgan fingerprint density at radius 3 is 3.00 bits per heavy atom. The van der Waals surface area contributed by atoms with Gasteiger partial charge in [-0.05, 0) is 13.0 Å². The molecule has 0 saturated carbocycles. The van der Waals surface area contributed by atoms with Gasteiger partial charge in [-0.3, -0.25) is 4.79 Å². The van der Waals surface area contributed by atoms with E-state index in [4.69, 9.17) is 4.74 Å². The first-order chi connectivity index (χ1) is 6.77. The van der Waals surface area contributed by atoms with Gasteiger partial charge in [0.1, 0.15) is 5.76 Å². The highest BCUT2D eigenvalue weighted by atomic mass is 16.5. The van der Waals surface area contributed by atoms with Crippen LogP contribution in [0.1, 0.15) is 13.3 Å². The maximum absolute atomic E-state index is 11.1. The Bertz CT molecular complexity index is 290. The van der Waals surface area contributed by atoms with Gasteiger partial charge in [-0.1, -0.05) is 18.7 Å². The summed E-state index contributed by atoms with van der Waals surface area (Å²) in [5.41, 5.74) is 0.954. The molecule has 0 saturated heterocycles. The fourth-order valence-electron chi connectivity index (χ4n) is 1.25. The lowest BCUT2D eigenvalue weighted by Gasteiger charge is -2.15. The van der Waals surface area contributed by atoms with Crippen molar-refractivity contribution in [2.75, 3.05) is 13.2 Å². The monoisotopic (exact) mass is 193 g/mol. The highest BCUT2D eigenvalue weighted by Crippen LogP contribution is 2.11. The first-order valence-corrected chi connectivity index (χ1v) is 4.65. The summed E-state index contributed by atoms with van der Waals surface area (Å²) in [6.07, 6.45) is 5.91. The van der Waals surface area contributed by atoms with E-state index in [0.717, 1.165) is 11.3 Å². The van der Waals surface area contributed by atoms with Crippen LogP contribution in [0.5, 0.6) is 0 Å². The summed E-state index contributed by atoms with van der Waals surface area (Å²) >= 11 is 0. The SMILES string of the molecule is C=C/C1=C(\C=C/C)CNC(=O)CCO1. The molecule has 14 heavy (non-hydrogen) atoms. The molecule has 1 heterocycles. The van der Waals surface area contributed by atoms with Crippen molar-refractivity contribution in [1.29, 1.82) is 0 Å². The van der Waals surface area contributed by atoms with Crippen molar-refractivity contribution >= 4 is 5.91 Å². The van der Waals surface area contributed by atoms with Crippen molar-refractivity contribution in [3.63, 3.8) is 0 Å². The molecule has 0 spiro atoms. The van der Waals surface area contributed by atoms with Gasteiger partial charge in [0.2, 0.25) is 5.91 Å². The van der Waals surface area contributed by atoms with E-state index in [2.05, 4.69) is 11.9 Å². The molecule has 3 heteroatoms. The van der Waals surface area contributed by atoms with Crippen LogP contribution in [0.2, 0.25) is 0 Å². The second-order valence-corrected chi connectivity index (χ2v) is 2.97. The molecule has 3 nitrogen and oxygen atoms in total. The number of nitrogens with one attached hydrogen (secondary N) is 1. The third kappa shape index (κ3) is 2.76. The third-order valence-electron chi connectivity index (χ3n) is 1.93. The van der Waals surface area contributed by atoms with Gasteiger partial charge in [0.25, 0.3) is 0 Å². The Kier molecular flexibility index (Phi) is 3.98. The van der Waals surface area contributed by atoms with Gasteiger partial charge in [-0.2, -0.15) is 0 Å². The lowest BCUT2D eigenvalue weighted by atomic mass is 10.2. The van der Waals surface area contributed by atoms with Gasteiger partial charge < -0.3 is 10.1 Å². The van der Waals surface area contributed by atoms with E-state index >= 15 is 0 Å². The average molecular weight is 193 g/mol. The Hall–Kier alpha value is -1.51. The Morgan fingerprint density at radius 2 is 2.36 bits per heavy atom. The van der Waals surface area contributed by atoms with Crippen LogP contribution >= 0.6 is 0 Å². The van der Waals surface area contributed by atoms with Crippen molar-refractivity contribution in [3.8, 4) is 0 Å². The number of ether oxygens (including phenoxy) is 1. The maximum atomic E-state index is 11.1. The fraction of sp³-hybridized carbons (Fsp3) is 0.364.